The minimum absolute atomic E-state index is 0.00826. The van der Waals surface area contributed by atoms with Crippen molar-refractivity contribution in [2.75, 3.05) is 0 Å². The molecule has 0 spiro atoms. The van der Waals surface area contributed by atoms with Crippen LogP contribution < -0.4 is 10.6 Å². The van der Waals surface area contributed by atoms with E-state index in [4.69, 9.17) is 23.2 Å². The Kier molecular flexibility index (Phi) is 4.57. The molecule has 1 aromatic carbocycles. The molecular weight excluding hydrogens is 307 g/mol. The quantitative estimate of drug-likeness (QED) is 0.860. The van der Waals surface area contributed by atoms with Crippen LogP contribution in [0.5, 0.6) is 0 Å². The molecule has 0 aliphatic carbocycles. The van der Waals surface area contributed by atoms with Crippen LogP contribution in [-0.4, -0.2) is 23.0 Å². The average molecular weight is 329 g/mol. The van der Waals surface area contributed by atoms with Crippen LogP contribution in [0.3, 0.4) is 0 Å². The Labute approximate surface area is 136 Å². The van der Waals surface area contributed by atoms with Gasteiger partial charge in [-0.2, -0.15) is 0 Å². The molecule has 1 aliphatic heterocycles. The first-order valence-electron chi connectivity index (χ1n) is 7.13. The Morgan fingerprint density at radius 3 is 2.05 bits per heavy atom. The van der Waals surface area contributed by atoms with Gasteiger partial charge >= 0.3 is 0 Å². The molecule has 0 aromatic heterocycles. The number of carbonyl (C=O) groups is 1. The van der Waals surface area contributed by atoms with Crippen molar-refractivity contribution in [2.24, 2.45) is 0 Å². The molecule has 2 rings (SSSR count). The summed E-state index contributed by atoms with van der Waals surface area (Å²) < 4.78 is 0. The van der Waals surface area contributed by atoms with Crippen LogP contribution in [-0.2, 0) is 0 Å². The topological polar surface area (TPSA) is 41.1 Å². The highest BCUT2D eigenvalue weighted by atomic mass is 35.5. The number of hydrogen-bond acceptors (Lipinski definition) is 2. The molecule has 1 aromatic rings. The third-order valence-electron chi connectivity index (χ3n) is 3.65. The fourth-order valence-electron chi connectivity index (χ4n) is 3.38. The summed E-state index contributed by atoms with van der Waals surface area (Å²) in [5, 5.41) is 7.65. The fourth-order valence-corrected chi connectivity index (χ4v) is 3.90. The Morgan fingerprint density at radius 2 is 1.57 bits per heavy atom. The van der Waals surface area contributed by atoms with E-state index in [1.165, 1.54) is 0 Å². The number of rotatable bonds is 2. The van der Waals surface area contributed by atoms with Gasteiger partial charge in [0.05, 0.1) is 0 Å². The van der Waals surface area contributed by atoms with Crippen molar-refractivity contribution in [2.45, 2.75) is 57.7 Å². The predicted molar refractivity (Wildman–Crippen MR) is 88.2 cm³/mol. The van der Waals surface area contributed by atoms with E-state index in [0.29, 0.717) is 15.6 Å². The number of benzene rings is 1. The summed E-state index contributed by atoms with van der Waals surface area (Å²) in [6, 6.07) is 5.03. The smallest absolute Gasteiger partial charge is 0.251 e. The molecular formula is C16H22Cl2N2O. The minimum Gasteiger partial charge on any atom is -0.349 e. The van der Waals surface area contributed by atoms with E-state index in [1.807, 2.05) is 0 Å². The number of halogens is 2. The summed E-state index contributed by atoms with van der Waals surface area (Å²) in [4.78, 5) is 12.4. The van der Waals surface area contributed by atoms with Crippen molar-refractivity contribution in [3.05, 3.63) is 33.8 Å². The Balaban J connectivity index is 2.12. The van der Waals surface area contributed by atoms with Crippen LogP contribution in [0, 0.1) is 0 Å². The summed E-state index contributed by atoms with van der Waals surface area (Å²) in [5.41, 5.74) is 0.485. The van der Waals surface area contributed by atoms with Gasteiger partial charge in [0.15, 0.2) is 0 Å². The number of carbonyl (C=O) groups excluding carboxylic acids is 1. The van der Waals surface area contributed by atoms with Crippen LogP contribution >= 0.6 is 23.2 Å². The number of nitrogens with one attached hydrogen (secondary N) is 2. The van der Waals surface area contributed by atoms with E-state index in [0.717, 1.165) is 12.8 Å². The summed E-state index contributed by atoms with van der Waals surface area (Å²) in [5.74, 6) is -0.127. The molecule has 3 nitrogen and oxygen atoms in total. The molecule has 1 heterocycles. The van der Waals surface area contributed by atoms with Gasteiger partial charge in [0.2, 0.25) is 0 Å². The van der Waals surface area contributed by atoms with Crippen molar-refractivity contribution in [3.63, 3.8) is 0 Å². The number of piperidine rings is 1. The molecule has 2 N–H and O–H groups in total. The average Bonchev–Trinajstić information content (AvgIpc) is 2.22. The highest BCUT2D eigenvalue weighted by Gasteiger charge is 2.38. The molecule has 1 fully saturated rings. The van der Waals surface area contributed by atoms with E-state index < -0.39 is 0 Å². The van der Waals surface area contributed by atoms with Crippen LogP contribution in [0.4, 0.5) is 0 Å². The second kappa shape index (κ2) is 5.79. The maximum absolute atomic E-state index is 12.4. The van der Waals surface area contributed by atoms with Crippen molar-refractivity contribution in [3.8, 4) is 0 Å². The van der Waals surface area contributed by atoms with Gasteiger partial charge in [-0.25, -0.2) is 0 Å². The monoisotopic (exact) mass is 328 g/mol. The van der Waals surface area contributed by atoms with Gasteiger partial charge in [0, 0.05) is 32.7 Å². The van der Waals surface area contributed by atoms with Gasteiger partial charge in [-0.3, -0.25) is 4.79 Å². The normalized spacial score (nSPS) is 21.0. The van der Waals surface area contributed by atoms with E-state index in [2.05, 4.69) is 38.3 Å². The molecule has 0 bridgehead atoms. The van der Waals surface area contributed by atoms with E-state index in [1.54, 1.807) is 18.2 Å². The predicted octanol–water partition coefficient (Wildman–Crippen LogP) is 4.03. The molecule has 116 valence electrons. The maximum Gasteiger partial charge on any atom is 0.251 e. The lowest BCUT2D eigenvalue weighted by Gasteiger charge is -2.46. The lowest BCUT2D eigenvalue weighted by atomic mass is 9.79. The largest absolute Gasteiger partial charge is 0.349 e. The van der Waals surface area contributed by atoms with Crippen molar-refractivity contribution < 1.29 is 4.79 Å². The molecule has 5 heteroatoms. The van der Waals surface area contributed by atoms with E-state index >= 15 is 0 Å². The highest BCUT2D eigenvalue weighted by Crippen LogP contribution is 2.29. The maximum atomic E-state index is 12.4. The van der Waals surface area contributed by atoms with Crippen LogP contribution in [0.25, 0.3) is 0 Å². The van der Waals surface area contributed by atoms with Crippen LogP contribution in [0.15, 0.2) is 18.2 Å². The molecule has 0 atom stereocenters. The summed E-state index contributed by atoms with van der Waals surface area (Å²) in [6.45, 7) is 8.62. The Hall–Kier alpha value is -0.770. The fraction of sp³-hybridized carbons (Fsp3) is 0.562. The highest BCUT2D eigenvalue weighted by molar-refractivity contribution is 6.35. The van der Waals surface area contributed by atoms with Gasteiger partial charge in [-0.15, -0.1) is 0 Å². The zero-order chi connectivity index (χ0) is 15.8. The first-order chi connectivity index (χ1) is 9.56. The summed E-state index contributed by atoms with van der Waals surface area (Å²) >= 11 is 11.9. The Morgan fingerprint density at radius 1 is 1.10 bits per heavy atom. The van der Waals surface area contributed by atoms with Crippen LogP contribution in [0.2, 0.25) is 10.0 Å². The molecule has 0 unspecified atom stereocenters. The first-order valence-corrected chi connectivity index (χ1v) is 7.88. The zero-order valence-electron chi connectivity index (χ0n) is 12.9. The third kappa shape index (κ3) is 4.60. The number of hydrogen-bond donors (Lipinski definition) is 2. The van der Waals surface area contributed by atoms with E-state index in [9.17, 15) is 4.79 Å². The lowest BCUT2D eigenvalue weighted by Crippen LogP contribution is -2.62. The number of amides is 1. The first kappa shape index (κ1) is 16.6. The van der Waals surface area contributed by atoms with Crippen molar-refractivity contribution in [1.82, 2.24) is 10.6 Å². The third-order valence-corrected chi connectivity index (χ3v) is 4.09. The van der Waals surface area contributed by atoms with Gasteiger partial charge in [-0.1, -0.05) is 23.2 Å². The second-order valence-corrected chi connectivity index (χ2v) is 8.00. The molecule has 1 aliphatic rings. The molecule has 0 radical (unpaired) electrons. The van der Waals surface area contributed by atoms with Gasteiger partial charge in [0.25, 0.3) is 5.91 Å². The van der Waals surface area contributed by atoms with Crippen LogP contribution in [0.1, 0.15) is 50.9 Å². The van der Waals surface area contributed by atoms with Crippen molar-refractivity contribution >= 4 is 29.1 Å². The zero-order valence-corrected chi connectivity index (χ0v) is 14.4. The molecule has 1 saturated heterocycles. The standard InChI is InChI=1S/C16H22Cl2N2O/c1-15(2)8-13(9-16(3,4)20-15)19-14(21)10-5-11(17)7-12(18)6-10/h5-7,13,20H,8-9H2,1-4H3,(H,19,21). The SMILES string of the molecule is CC1(C)CC(NC(=O)c2cc(Cl)cc(Cl)c2)CC(C)(C)N1. The molecule has 21 heavy (non-hydrogen) atoms. The van der Waals surface area contributed by atoms with Gasteiger partial charge < -0.3 is 10.6 Å². The van der Waals surface area contributed by atoms with Gasteiger partial charge in [0.1, 0.15) is 0 Å². The summed E-state index contributed by atoms with van der Waals surface area (Å²) in [7, 11) is 0. The minimum atomic E-state index is -0.127. The van der Waals surface area contributed by atoms with Crippen molar-refractivity contribution in [1.29, 1.82) is 0 Å². The Bertz CT molecular complexity index is 519. The summed E-state index contributed by atoms with van der Waals surface area (Å²) in [6.07, 6.45) is 1.77. The second-order valence-electron chi connectivity index (χ2n) is 7.13. The molecule has 0 saturated carbocycles. The van der Waals surface area contributed by atoms with E-state index in [-0.39, 0.29) is 23.0 Å². The lowest BCUT2D eigenvalue weighted by molar-refractivity contribution is 0.0873. The molecule has 1 amide bonds. The van der Waals surface area contributed by atoms with Gasteiger partial charge in [-0.05, 0) is 58.7 Å².